The van der Waals surface area contributed by atoms with Gasteiger partial charge >= 0.3 is 5.97 Å². The highest BCUT2D eigenvalue weighted by Gasteiger charge is 2.45. The summed E-state index contributed by atoms with van der Waals surface area (Å²) in [5, 5.41) is 9.06. The van der Waals surface area contributed by atoms with Gasteiger partial charge in [-0.25, -0.2) is 0 Å². The molecule has 0 radical (unpaired) electrons. The zero-order chi connectivity index (χ0) is 10.8. The summed E-state index contributed by atoms with van der Waals surface area (Å²) < 4.78 is 4.95. The number of rotatable bonds is 3. The second-order valence-corrected chi connectivity index (χ2v) is 4.70. The molecule has 2 fully saturated rings. The molecule has 2 aliphatic carbocycles. The molecule has 0 heterocycles. The van der Waals surface area contributed by atoms with Gasteiger partial charge < -0.3 is 4.74 Å². The highest BCUT2D eigenvalue weighted by Crippen LogP contribution is 2.51. The van der Waals surface area contributed by atoms with Crippen molar-refractivity contribution in [2.75, 3.05) is 6.61 Å². The Kier molecular flexibility index (Phi) is 2.95. The van der Waals surface area contributed by atoms with Crippen LogP contribution in [0, 0.1) is 35.0 Å². The Morgan fingerprint density at radius 2 is 2.33 bits per heavy atom. The second-order valence-electron chi connectivity index (χ2n) is 4.70. The smallest absolute Gasteiger partial charge is 0.323 e. The predicted molar refractivity (Wildman–Crippen MR) is 54.7 cm³/mol. The number of hydrogen-bond acceptors (Lipinski definition) is 3. The van der Waals surface area contributed by atoms with E-state index in [0.29, 0.717) is 12.5 Å². The van der Waals surface area contributed by atoms with Crippen LogP contribution in [0.5, 0.6) is 0 Å². The van der Waals surface area contributed by atoms with E-state index in [1.165, 1.54) is 19.3 Å². The van der Waals surface area contributed by atoms with Crippen molar-refractivity contribution in [1.29, 1.82) is 5.26 Å². The number of nitriles is 1. The summed E-state index contributed by atoms with van der Waals surface area (Å²) in [6.07, 6.45) is 4.78. The first-order valence-corrected chi connectivity index (χ1v) is 5.82. The molecule has 0 unspecified atom stereocenters. The van der Waals surface area contributed by atoms with E-state index < -0.39 is 5.92 Å². The first-order valence-electron chi connectivity index (χ1n) is 5.82. The van der Waals surface area contributed by atoms with E-state index >= 15 is 0 Å². The standard InChI is InChI=1S/C12H17NO2/c1-2-15-12(14)11(7-13)10-6-8-3-4-9(10)5-8/h8-11H,2-6H2,1H3/t8-,9-,10-,11-/m1/s1. The molecule has 0 N–H and O–H groups in total. The summed E-state index contributed by atoms with van der Waals surface area (Å²) in [5.74, 6) is 0.819. The minimum atomic E-state index is -0.514. The summed E-state index contributed by atoms with van der Waals surface area (Å²) in [5.41, 5.74) is 0. The lowest BCUT2D eigenvalue weighted by Gasteiger charge is -2.24. The lowest BCUT2D eigenvalue weighted by molar-refractivity contribution is -0.148. The van der Waals surface area contributed by atoms with Crippen LogP contribution in [0.2, 0.25) is 0 Å². The Labute approximate surface area is 90.4 Å². The van der Waals surface area contributed by atoms with E-state index in [9.17, 15) is 4.79 Å². The monoisotopic (exact) mass is 207 g/mol. The Balaban J connectivity index is 2.02. The molecule has 0 amide bonds. The molecule has 2 rings (SSSR count). The Morgan fingerprint density at radius 3 is 2.80 bits per heavy atom. The summed E-state index contributed by atoms with van der Waals surface area (Å²) in [6, 6.07) is 2.14. The number of nitrogens with zero attached hydrogens (tertiary/aromatic N) is 1. The number of ether oxygens (including phenoxy) is 1. The lowest BCUT2D eigenvalue weighted by Crippen LogP contribution is -2.28. The third-order valence-electron chi connectivity index (χ3n) is 3.90. The van der Waals surface area contributed by atoms with E-state index in [1.54, 1.807) is 6.92 Å². The Morgan fingerprint density at radius 1 is 1.53 bits per heavy atom. The van der Waals surface area contributed by atoms with E-state index in [0.717, 1.165) is 12.3 Å². The molecule has 2 saturated carbocycles. The third-order valence-corrected chi connectivity index (χ3v) is 3.90. The fraction of sp³-hybridized carbons (Fsp3) is 0.833. The molecule has 3 nitrogen and oxygen atoms in total. The molecule has 2 bridgehead atoms. The van der Waals surface area contributed by atoms with Gasteiger partial charge in [-0.2, -0.15) is 5.26 Å². The van der Waals surface area contributed by atoms with Crippen LogP contribution in [0.1, 0.15) is 32.6 Å². The van der Waals surface area contributed by atoms with Crippen molar-refractivity contribution in [2.45, 2.75) is 32.6 Å². The van der Waals surface area contributed by atoms with Gasteiger partial charge in [-0.1, -0.05) is 6.42 Å². The molecule has 4 atom stereocenters. The van der Waals surface area contributed by atoms with Gasteiger partial charge in [0.15, 0.2) is 0 Å². The van der Waals surface area contributed by atoms with Crippen molar-refractivity contribution in [3.8, 4) is 6.07 Å². The van der Waals surface area contributed by atoms with E-state index in [2.05, 4.69) is 6.07 Å². The molecule has 82 valence electrons. The predicted octanol–water partition coefficient (Wildman–Crippen LogP) is 2.13. The average Bonchev–Trinajstić information content (AvgIpc) is 2.81. The first-order chi connectivity index (χ1) is 7.26. The maximum Gasteiger partial charge on any atom is 0.323 e. The van der Waals surface area contributed by atoms with Crippen molar-refractivity contribution in [3.05, 3.63) is 0 Å². The number of esters is 1. The molecule has 0 saturated heterocycles. The van der Waals surface area contributed by atoms with Gasteiger partial charge in [-0.3, -0.25) is 4.79 Å². The second kappa shape index (κ2) is 4.22. The summed E-state index contributed by atoms with van der Waals surface area (Å²) in [7, 11) is 0. The van der Waals surface area contributed by atoms with Crippen molar-refractivity contribution >= 4 is 5.97 Å². The van der Waals surface area contributed by atoms with E-state index in [4.69, 9.17) is 10.00 Å². The Bertz CT molecular complexity index is 294. The highest BCUT2D eigenvalue weighted by atomic mass is 16.5. The van der Waals surface area contributed by atoms with Crippen LogP contribution in [0.3, 0.4) is 0 Å². The number of carbonyl (C=O) groups excluding carboxylic acids is 1. The molecule has 3 heteroatoms. The summed E-state index contributed by atoms with van der Waals surface area (Å²) in [6.45, 7) is 2.16. The first kappa shape index (κ1) is 10.5. The number of hydrogen-bond donors (Lipinski definition) is 0. The van der Waals surface area contributed by atoms with Crippen molar-refractivity contribution in [2.24, 2.45) is 23.7 Å². The van der Waals surface area contributed by atoms with Gasteiger partial charge in [0.2, 0.25) is 0 Å². The normalized spacial score (nSPS) is 34.8. The van der Waals surface area contributed by atoms with Gasteiger partial charge in [0, 0.05) is 0 Å². The number of carbonyl (C=O) groups is 1. The van der Waals surface area contributed by atoms with Crippen LogP contribution in [0.4, 0.5) is 0 Å². The van der Waals surface area contributed by atoms with Gasteiger partial charge in [0.1, 0.15) is 5.92 Å². The fourth-order valence-electron chi connectivity index (χ4n) is 3.26. The fourth-order valence-corrected chi connectivity index (χ4v) is 3.26. The van der Waals surface area contributed by atoms with Crippen LogP contribution in [-0.4, -0.2) is 12.6 Å². The molecule has 0 aromatic heterocycles. The van der Waals surface area contributed by atoms with Crippen LogP contribution < -0.4 is 0 Å². The summed E-state index contributed by atoms with van der Waals surface area (Å²) in [4.78, 5) is 11.6. The molecule has 0 aromatic carbocycles. The van der Waals surface area contributed by atoms with Gasteiger partial charge in [0.05, 0.1) is 12.7 Å². The van der Waals surface area contributed by atoms with Crippen LogP contribution in [-0.2, 0) is 9.53 Å². The van der Waals surface area contributed by atoms with Crippen LogP contribution in [0.25, 0.3) is 0 Å². The average molecular weight is 207 g/mol. The highest BCUT2D eigenvalue weighted by molar-refractivity contribution is 5.75. The molecule has 0 aliphatic heterocycles. The van der Waals surface area contributed by atoms with Crippen LogP contribution in [0.15, 0.2) is 0 Å². The molecule has 0 aromatic rings. The maximum atomic E-state index is 11.6. The minimum absolute atomic E-state index is 0.271. The molecular formula is C12H17NO2. The Hall–Kier alpha value is -1.04. The molecule has 15 heavy (non-hydrogen) atoms. The van der Waals surface area contributed by atoms with Gasteiger partial charge in [-0.05, 0) is 43.9 Å². The zero-order valence-electron chi connectivity index (χ0n) is 9.11. The van der Waals surface area contributed by atoms with Crippen LogP contribution >= 0.6 is 0 Å². The topological polar surface area (TPSA) is 50.1 Å². The maximum absolute atomic E-state index is 11.6. The molecule has 2 aliphatic rings. The van der Waals surface area contributed by atoms with E-state index in [1.807, 2.05) is 0 Å². The quantitative estimate of drug-likeness (QED) is 0.666. The van der Waals surface area contributed by atoms with Gasteiger partial charge in [0.25, 0.3) is 0 Å². The van der Waals surface area contributed by atoms with Crippen molar-refractivity contribution in [3.63, 3.8) is 0 Å². The minimum Gasteiger partial charge on any atom is -0.465 e. The van der Waals surface area contributed by atoms with Crippen molar-refractivity contribution in [1.82, 2.24) is 0 Å². The lowest BCUT2D eigenvalue weighted by atomic mass is 9.80. The van der Waals surface area contributed by atoms with E-state index in [-0.39, 0.29) is 11.9 Å². The third kappa shape index (κ3) is 1.86. The SMILES string of the molecule is CCOC(=O)[C@H](C#N)[C@@H]1C[C@@H]2CC[C@@H]1C2. The molecular weight excluding hydrogens is 190 g/mol. The van der Waals surface area contributed by atoms with Crippen molar-refractivity contribution < 1.29 is 9.53 Å². The van der Waals surface area contributed by atoms with Gasteiger partial charge in [-0.15, -0.1) is 0 Å². The largest absolute Gasteiger partial charge is 0.465 e. The summed E-state index contributed by atoms with van der Waals surface area (Å²) >= 11 is 0. The molecule has 0 spiro atoms. The zero-order valence-corrected chi connectivity index (χ0v) is 9.11. The number of fused-ring (bicyclic) bond motifs is 2.